The Labute approximate surface area is 61.5 Å². The van der Waals surface area contributed by atoms with E-state index >= 15 is 0 Å². The highest BCUT2D eigenvalue weighted by atomic mass is 32.2. The van der Waals surface area contributed by atoms with Gasteiger partial charge >= 0.3 is 0 Å². The fourth-order valence-corrected chi connectivity index (χ4v) is 2.42. The molecule has 1 heterocycles. The van der Waals surface area contributed by atoms with Gasteiger partial charge in [0.05, 0.1) is 12.4 Å². The summed E-state index contributed by atoms with van der Waals surface area (Å²) >= 11 is 0. The van der Waals surface area contributed by atoms with Gasteiger partial charge in [-0.05, 0) is 5.92 Å². The van der Waals surface area contributed by atoms with E-state index in [1.165, 1.54) is 0 Å². The zero-order chi connectivity index (χ0) is 7.78. The van der Waals surface area contributed by atoms with Gasteiger partial charge in [0.2, 0.25) is 0 Å². The molecule has 0 aromatic heterocycles. The Hall–Kier alpha value is -0.0900. The SMILES string of the molecule is CC(C)[C@H]1COS(=O)(=O)C1. The van der Waals surface area contributed by atoms with Crippen molar-refractivity contribution in [3.8, 4) is 0 Å². The molecule has 1 saturated heterocycles. The molecule has 10 heavy (non-hydrogen) atoms. The second kappa shape index (κ2) is 2.51. The van der Waals surface area contributed by atoms with Gasteiger partial charge in [0, 0.05) is 5.92 Å². The van der Waals surface area contributed by atoms with Crippen molar-refractivity contribution in [2.75, 3.05) is 12.4 Å². The average molecular weight is 164 g/mol. The highest BCUT2D eigenvalue weighted by molar-refractivity contribution is 7.86. The molecule has 3 nitrogen and oxygen atoms in total. The summed E-state index contributed by atoms with van der Waals surface area (Å²) in [5.74, 6) is 0.798. The molecule has 1 aliphatic rings. The fraction of sp³-hybridized carbons (Fsp3) is 1.00. The van der Waals surface area contributed by atoms with E-state index in [9.17, 15) is 8.42 Å². The molecule has 0 saturated carbocycles. The molecule has 0 amide bonds. The van der Waals surface area contributed by atoms with Gasteiger partial charge in [-0.2, -0.15) is 8.42 Å². The molecule has 0 aliphatic carbocycles. The second-order valence-corrected chi connectivity index (χ2v) is 4.70. The molecular weight excluding hydrogens is 152 g/mol. The van der Waals surface area contributed by atoms with Gasteiger partial charge in [-0.1, -0.05) is 13.8 Å². The maximum atomic E-state index is 10.7. The van der Waals surface area contributed by atoms with Crippen LogP contribution in [-0.2, 0) is 14.3 Å². The summed E-state index contributed by atoms with van der Waals surface area (Å²) in [6.45, 7) is 4.39. The Bertz CT molecular complexity index is 205. The summed E-state index contributed by atoms with van der Waals surface area (Å²) in [5, 5.41) is 0. The van der Waals surface area contributed by atoms with Crippen LogP contribution in [0.5, 0.6) is 0 Å². The molecule has 1 atom stereocenters. The molecule has 0 bridgehead atoms. The summed E-state index contributed by atoms with van der Waals surface area (Å²) in [7, 11) is -3.14. The normalized spacial score (nSPS) is 31.3. The lowest BCUT2D eigenvalue weighted by Gasteiger charge is -2.07. The first kappa shape index (κ1) is 8.01. The topological polar surface area (TPSA) is 43.4 Å². The van der Waals surface area contributed by atoms with E-state index in [1.807, 2.05) is 13.8 Å². The van der Waals surface area contributed by atoms with E-state index in [0.29, 0.717) is 12.5 Å². The van der Waals surface area contributed by atoms with Crippen molar-refractivity contribution in [2.45, 2.75) is 13.8 Å². The van der Waals surface area contributed by atoms with Crippen LogP contribution in [0.15, 0.2) is 0 Å². The van der Waals surface area contributed by atoms with Crippen LogP contribution < -0.4 is 0 Å². The third kappa shape index (κ3) is 1.70. The highest BCUT2D eigenvalue weighted by Crippen LogP contribution is 2.21. The van der Waals surface area contributed by atoms with Crippen molar-refractivity contribution < 1.29 is 12.6 Å². The van der Waals surface area contributed by atoms with Crippen LogP contribution >= 0.6 is 0 Å². The van der Waals surface area contributed by atoms with E-state index in [1.54, 1.807) is 0 Å². The maximum Gasteiger partial charge on any atom is 0.267 e. The first-order valence-electron chi connectivity index (χ1n) is 3.38. The molecule has 0 N–H and O–H groups in total. The van der Waals surface area contributed by atoms with Crippen molar-refractivity contribution in [1.82, 2.24) is 0 Å². The summed E-state index contributed by atoms with van der Waals surface area (Å²) in [6, 6.07) is 0. The van der Waals surface area contributed by atoms with Crippen molar-refractivity contribution >= 4 is 10.1 Å². The fourth-order valence-electron chi connectivity index (χ4n) is 0.934. The molecule has 4 heteroatoms. The lowest BCUT2D eigenvalue weighted by Crippen LogP contribution is -2.12. The van der Waals surface area contributed by atoms with Crippen LogP contribution in [0.1, 0.15) is 13.8 Å². The van der Waals surface area contributed by atoms with E-state index < -0.39 is 10.1 Å². The zero-order valence-electron chi connectivity index (χ0n) is 6.20. The summed E-state index contributed by atoms with van der Waals surface area (Å²) < 4.78 is 26.0. The Morgan fingerprint density at radius 1 is 1.50 bits per heavy atom. The first-order valence-corrected chi connectivity index (χ1v) is 4.96. The van der Waals surface area contributed by atoms with E-state index in [0.717, 1.165) is 0 Å². The van der Waals surface area contributed by atoms with Crippen molar-refractivity contribution in [1.29, 1.82) is 0 Å². The van der Waals surface area contributed by atoms with Gasteiger partial charge in [0.1, 0.15) is 0 Å². The minimum absolute atomic E-state index is 0.199. The molecule has 0 aromatic carbocycles. The Balaban J connectivity index is 2.60. The Morgan fingerprint density at radius 2 is 2.10 bits per heavy atom. The third-order valence-corrected chi connectivity index (χ3v) is 3.15. The third-order valence-electron chi connectivity index (χ3n) is 1.82. The van der Waals surface area contributed by atoms with Crippen LogP contribution in [0.25, 0.3) is 0 Å². The smallest absolute Gasteiger partial charge is 0.267 e. The van der Waals surface area contributed by atoms with E-state index in [-0.39, 0.29) is 11.7 Å². The quantitative estimate of drug-likeness (QED) is 0.533. The molecule has 1 fully saturated rings. The lowest BCUT2D eigenvalue weighted by molar-refractivity contribution is 0.276. The number of rotatable bonds is 1. The predicted molar refractivity (Wildman–Crippen MR) is 38.1 cm³/mol. The number of hydrogen-bond donors (Lipinski definition) is 0. The summed E-state index contributed by atoms with van der Waals surface area (Å²) in [5.41, 5.74) is 0. The van der Waals surface area contributed by atoms with Gasteiger partial charge in [0.25, 0.3) is 10.1 Å². The van der Waals surface area contributed by atoms with Gasteiger partial charge < -0.3 is 0 Å². The zero-order valence-corrected chi connectivity index (χ0v) is 7.02. The molecule has 0 radical (unpaired) electrons. The Kier molecular flexibility index (Phi) is 2.01. The highest BCUT2D eigenvalue weighted by Gasteiger charge is 2.30. The van der Waals surface area contributed by atoms with Gasteiger partial charge in [-0.25, -0.2) is 0 Å². The molecule has 0 spiro atoms. The largest absolute Gasteiger partial charge is 0.270 e. The molecule has 0 aromatic rings. The molecule has 60 valence electrons. The van der Waals surface area contributed by atoms with Crippen LogP contribution in [0.2, 0.25) is 0 Å². The van der Waals surface area contributed by atoms with Crippen LogP contribution in [0.4, 0.5) is 0 Å². The minimum atomic E-state index is -3.14. The van der Waals surface area contributed by atoms with Crippen molar-refractivity contribution in [3.63, 3.8) is 0 Å². The molecule has 0 unspecified atom stereocenters. The Morgan fingerprint density at radius 3 is 2.30 bits per heavy atom. The minimum Gasteiger partial charge on any atom is -0.270 e. The van der Waals surface area contributed by atoms with Crippen LogP contribution in [0.3, 0.4) is 0 Å². The predicted octanol–water partition coefficient (Wildman–Crippen LogP) is 0.619. The second-order valence-electron chi connectivity index (χ2n) is 3.01. The van der Waals surface area contributed by atoms with Crippen molar-refractivity contribution in [3.05, 3.63) is 0 Å². The standard InChI is InChI=1S/C6H12O3S/c1-5(2)6-3-9-10(7,8)4-6/h5-6H,3-4H2,1-2H3/t6-/m0/s1. The van der Waals surface area contributed by atoms with E-state index in [2.05, 4.69) is 4.18 Å². The monoisotopic (exact) mass is 164 g/mol. The summed E-state index contributed by atoms with van der Waals surface area (Å²) in [6.07, 6.45) is 0. The van der Waals surface area contributed by atoms with Gasteiger partial charge in [-0.15, -0.1) is 0 Å². The van der Waals surface area contributed by atoms with Gasteiger partial charge in [-0.3, -0.25) is 4.18 Å². The molecule has 1 aliphatic heterocycles. The van der Waals surface area contributed by atoms with Crippen molar-refractivity contribution in [2.24, 2.45) is 11.8 Å². The van der Waals surface area contributed by atoms with Gasteiger partial charge in [0.15, 0.2) is 0 Å². The summed E-state index contributed by atoms with van der Waals surface area (Å²) in [4.78, 5) is 0. The van der Waals surface area contributed by atoms with Crippen LogP contribution in [0, 0.1) is 11.8 Å². The first-order chi connectivity index (χ1) is 4.51. The van der Waals surface area contributed by atoms with E-state index in [4.69, 9.17) is 0 Å². The average Bonchev–Trinajstić information content (AvgIpc) is 2.10. The molecular formula is C6H12O3S. The molecule has 1 rings (SSSR count). The van der Waals surface area contributed by atoms with Crippen LogP contribution in [-0.4, -0.2) is 20.8 Å². The maximum absolute atomic E-state index is 10.7. The lowest BCUT2D eigenvalue weighted by atomic mass is 9.99. The number of hydrogen-bond acceptors (Lipinski definition) is 3.